The van der Waals surface area contributed by atoms with E-state index in [1.165, 1.54) is 10.7 Å². The molecule has 0 radical (unpaired) electrons. The highest BCUT2D eigenvalue weighted by Gasteiger charge is 2.08. The Bertz CT molecular complexity index is 556. The Hall–Kier alpha value is -2.37. The number of hydrogen-bond donors (Lipinski definition) is 2. The summed E-state index contributed by atoms with van der Waals surface area (Å²) in [6.45, 7) is 0. The molecule has 0 aliphatic heterocycles. The van der Waals surface area contributed by atoms with E-state index in [2.05, 4.69) is 10.1 Å². The van der Waals surface area contributed by atoms with Crippen molar-refractivity contribution >= 4 is 5.97 Å². The molecule has 2 aromatic rings. The van der Waals surface area contributed by atoms with Crippen LogP contribution in [-0.4, -0.2) is 25.8 Å². The SMILES string of the molecule is O=C(O)Cc1cc(=O)n(-c2ccccn2)[nH]1. The normalized spacial score (nSPS) is 10.2. The molecule has 0 saturated heterocycles. The van der Waals surface area contributed by atoms with E-state index in [1.807, 2.05) is 0 Å². The fourth-order valence-electron chi connectivity index (χ4n) is 1.35. The van der Waals surface area contributed by atoms with Gasteiger partial charge < -0.3 is 5.11 Å². The number of rotatable bonds is 3. The van der Waals surface area contributed by atoms with Crippen LogP contribution >= 0.6 is 0 Å². The molecule has 0 spiro atoms. The molecule has 82 valence electrons. The highest BCUT2D eigenvalue weighted by atomic mass is 16.4. The lowest BCUT2D eigenvalue weighted by Crippen LogP contribution is -2.14. The number of pyridine rings is 1. The maximum absolute atomic E-state index is 11.5. The maximum atomic E-state index is 11.5. The number of aliphatic carboxylic acids is 1. The van der Waals surface area contributed by atoms with Crippen LogP contribution in [0.5, 0.6) is 0 Å². The molecule has 2 heterocycles. The Kier molecular flexibility index (Phi) is 2.55. The van der Waals surface area contributed by atoms with Gasteiger partial charge in [-0.1, -0.05) is 6.07 Å². The van der Waals surface area contributed by atoms with Crippen LogP contribution in [0, 0.1) is 0 Å². The Labute approximate surface area is 90.2 Å². The van der Waals surface area contributed by atoms with Crippen LogP contribution in [0.3, 0.4) is 0 Å². The Balaban J connectivity index is 2.40. The van der Waals surface area contributed by atoms with Gasteiger partial charge in [0.15, 0.2) is 5.82 Å². The van der Waals surface area contributed by atoms with Crippen LogP contribution < -0.4 is 5.56 Å². The van der Waals surface area contributed by atoms with E-state index in [1.54, 1.807) is 24.4 Å². The van der Waals surface area contributed by atoms with Gasteiger partial charge in [-0.15, -0.1) is 0 Å². The molecule has 0 fully saturated rings. The first kappa shape index (κ1) is 10.2. The molecule has 0 saturated carbocycles. The average molecular weight is 219 g/mol. The van der Waals surface area contributed by atoms with E-state index in [4.69, 9.17) is 5.11 Å². The van der Waals surface area contributed by atoms with Gasteiger partial charge in [0.1, 0.15) is 0 Å². The van der Waals surface area contributed by atoms with Crippen molar-refractivity contribution in [1.29, 1.82) is 0 Å². The van der Waals surface area contributed by atoms with Gasteiger partial charge >= 0.3 is 5.97 Å². The summed E-state index contributed by atoms with van der Waals surface area (Å²) < 4.78 is 1.21. The van der Waals surface area contributed by atoms with Gasteiger partial charge in [-0.3, -0.25) is 14.7 Å². The molecule has 0 aliphatic rings. The lowest BCUT2D eigenvalue weighted by molar-refractivity contribution is -0.136. The first-order chi connectivity index (χ1) is 7.66. The topological polar surface area (TPSA) is 88.0 Å². The lowest BCUT2D eigenvalue weighted by Gasteiger charge is -1.98. The summed E-state index contributed by atoms with van der Waals surface area (Å²) in [5.74, 6) is -0.557. The van der Waals surface area contributed by atoms with Gasteiger partial charge in [-0.05, 0) is 12.1 Å². The van der Waals surface area contributed by atoms with Crippen LogP contribution in [0.25, 0.3) is 5.82 Å². The summed E-state index contributed by atoms with van der Waals surface area (Å²) in [5.41, 5.74) is 0.0260. The van der Waals surface area contributed by atoms with Gasteiger partial charge in [0.05, 0.1) is 6.42 Å². The summed E-state index contributed by atoms with van der Waals surface area (Å²) in [4.78, 5) is 26.0. The van der Waals surface area contributed by atoms with Crippen molar-refractivity contribution < 1.29 is 9.90 Å². The van der Waals surface area contributed by atoms with Crippen molar-refractivity contribution in [3.05, 3.63) is 46.5 Å². The number of aromatic amines is 1. The number of aromatic nitrogens is 3. The quantitative estimate of drug-likeness (QED) is 0.771. The number of nitrogens with one attached hydrogen (secondary N) is 1. The molecule has 2 N–H and O–H groups in total. The minimum Gasteiger partial charge on any atom is -0.481 e. The molecule has 2 rings (SSSR count). The van der Waals surface area contributed by atoms with Crippen LogP contribution in [0.2, 0.25) is 0 Å². The molecular weight excluding hydrogens is 210 g/mol. The number of carbonyl (C=O) groups is 1. The third-order valence-electron chi connectivity index (χ3n) is 1.99. The van der Waals surface area contributed by atoms with Crippen LogP contribution in [-0.2, 0) is 11.2 Å². The highest BCUT2D eigenvalue weighted by molar-refractivity contribution is 5.69. The van der Waals surface area contributed by atoms with Crippen molar-refractivity contribution in [2.24, 2.45) is 0 Å². The summed E-state index contributed by atoms with van der Waals surface area (Å²) in [7, 11) is 0. The van der Waals surface area contributed by atoms with Crippen molar-refractivity contribution in [2.45, 2.75) is 6.42 Å². The fourth-order valence-corrected chi connectivity index (χ4v) is 1.35. The van der Waals surface area contributed by atoms with Crippen LogP contribution in [0.4, 0.5) is 0 Å². The first-order valence-corrected chi connectivity index (χ1v) is 4.61. The third-order valence-corrected chi connectivity index (χ3v) is 1.99. The largest absolute Gasteiger partial charge is 0.481 e. The second-order valence-corrected chi connectivity index (χ2v) is 3.21. The van der Waals surface area contributed by atoms with E-state index in [9.17, 15) is 9.59 Å². The number of nitrogens with zero attached hydrogens (tertiary/aromatic N) is 2. The Morgan fingerprint density at radius 3 is 2.94 bits per heavy atom. The van der Waals surface area contributed by atoms with Gasteiger partial charge in [0, 0.05) is 18.0 Å². The van der Waals surface area contributed by atoms with E-state index in [0.717, 1.165) is 0 Å². The van der Waals surface area contributed by atoms with E-state index < -0.39 is 5.97 Å². The minimum atomic E-state index is -0.991. The smallest absolute Gasteiger partial charge is 0.309 e. The zero-order valence-corrected chi connectivity index (χ0v) is 8.25. The monoisotopic (exact) mass is 219 g/mol. The third kappa shape index (κ3) is 2.00. The number of hydrogen-bond acceptors (Lipinski definition) is 3. The van der Waals surface area contributed by atoms with Crippen molar-refractivity contribution in [3.8, 4) is 5.82 Å². The molecule has 0 atom stereocenters. The number of H-pyrrole nitrogens is 1. The molecule has 0 amide bonds. The van der Waals surface area contributed by atoms with Gasteiger partial charge in [-0.2, -0.15) is 0 Å². The zero-order chi connectivity index (χ0) is 11.5. The van der Waals surface area contributed by atoms with Crippen LogP contribution in [0.15, 0.2) is 35.3 Å². The number of carboxylic acids is 1. The predicted molar refractivity (Wildman–Crippen MR) is 55.5 cm³/mol. The molecule has 2 aromatic heterocycles. The van der Waals surface area contributed by atoms with Crippen molar-refractivity contribution in [1.82, 2.24) is 14.8 Å². The molecular formula is C10H9N3O3. The van der Waals surface area contributed by atoms with Gasteiger partial charge in [0.2, 0.25) is 0 Å². The average Bonchev–Trinajstić information content (AvgIpc) is 2.60. The lowest BCUT2D eigenvalue weighted by atomic mass is 10.3. The second kappa shape index (κ2) is 4.01. The first-order valence-electron chi connectivity index (χ1n) is 4.61. The molecule has 6 nitrogen and oxygen atoms in total. The summed E-state index contributed by atoms with van der Waals surface area (Å²) in [6.07, 6.45) is 1.34. The maximum Gasteiger partial charge on any atom is 0.309 e. The fraction of sp³-hybridized carbons (Fsp3) is 0.100. The molecule has 0 aliphatic carbocycles. The summed E-state index contributed by atoms with van der Waals surface area (Å²) in [6, 6.07) is 6.38. The summed E-state index contributed by atoms with van der Waals surface area (Å²) >= 11 is 0. The zero-order valence-electron chi connectivity index (χ0n) is 8.25. The minimum absolute atomic E-state index is 0.213. The van der Waals surface area contributed by atoms with Crippen molar-refractivity contribution in [3.63, 3.8) is 0 Å². The van der Waals surface area contributed by atoms with E-state index in [0.29, 0.717) is 11.5 Å². The Morgan fingerprint density at radius 2 is 2.31 bits per heavy atom. The summed E-state index contributed by atoms with van der Waals surface area (Å²) in [5, 5.41) is 11.3. The van der Waals surface area contributed by atoms with Gasteiger partial charge in [-0.25, -0.2) is 9.67 Å². The molecule has 6 heteroatoms. The van der Waals surface area contributed by atoms with E-state index in [-0.39, 0.29) is 12.0 Å². The van der Waals surface area contributed by atoms with Crippen molar-refractivity contribution in [2.75, 3.05) is 0 Å². The predicted octanol–water partition coefficient (Wildman–Crippen LogP) is 0.188. The molecule has 16 heavy (non-hydrogen) atoms. The van der Waals surface area contributed by atoms with Gasteiger partial charge in [0.25, 0.3) is 5.56 Å². The Morgan fingerprint density at radius 1 is 1.50 bits per heavy atom. The molecule has 0 aromatic carbocycles. The standard InChI is InChI=1S/C10H9N3O3/c14-9-5-7(6-10(15)16)12-13(9)8-3-1-2-4-11-8/h1-5,12H,6H2,(H,15,16). The second-order valence-electron chi connectivity index (χ2n) is 3.21. The van der Waals surface area contributed by atoms with Crippen LogP contribution in [0.1, 0.15) is 5.69 Å². The highest BCUT2D eigenvalue weighted by Crippen LogP contribution is 2.00. The molecule has 0 unspecified atom stereocenters. The molecule has 0 bridgehead atoms. The van der Waals surface area contributed by atoms with E-state index >= 15 is 0 Å². The number of carboxylic acid groups (broad SMARTS) is 1.